The normalized spacial score (nSPS) is 16.5. The van der Waals surface area contributed by atoms with Gasteiger partial charge >= 0.3 is 0 Å². The number of nitrogens with one attached hydrogen (secondary N) is 1. The van der Waals surface area contributed by atoms with Gasteiger partial charge in [-0.25, -0.2) is 15.0 Å². The van der Waals surface area contributed by atoms with E-state index in [-0.39, 0.29) is 6.04 Å². The van der Waals surface area contributed by atoms with E-state index in [2.05, 4.69) is 45.6 Å². The number of rotatable bonds is 3. The van der Waals surface area contributed by atoms with Crippen LogP contribution in [0.2, 0.25) is 0 Å². The van der Waals surface area contributed by atoms with E-state index in [1.807, 2.05) is 42.5 Å². The van der Waals surface area contributed by atoms with E-state index in [1.54, 1.807) is 0 Å². The minimum atomic E-state index is 0.0610. The van der Waals surface area contributed by atoms with Crippen LogP contribution in [0.15, 0.2) is 78.1 Å². The van der Waals surface area contributed by atoms with Crippen molar-refractivity contribution < 1.29 is 0 Å². The summed E-state index contributed by atoms with van der Waals surface area (Å²) >= 11 is 0. The lowest BCUT2D eigenvalue weighted by Crippen LogP contribution is -2.13. The van der Waals surface area contributed by atoms with Gasteiger partial charge < -0.3 is 11.1 Å². The summed E-state index contributed by atoms with van der Waals surface area (Å²) in [7, 11) is 0. The van der Waals surface area contributed by atoms with Gasteiger partial charge in [0.25, 0.3) is 0 Å². The van der Waals surface area contributed by atoms with Gasteiger partial charge in [0, 0.05) is 12.1 Å². The molecule has 3 N–H and O–H groups in total. The van der Waals surface area contributed by atoms with Crippen molar-refractivity contribution in [3.05, 3.63) is 84.2 Å². The number of nitrogen functional groups attached to an aromatic ring is 1. The van der Waals surface area contributed by atoms with E-state index in [0.717, 1.165) is 17.7 Å². The van der Waals surface area contributed by atoms with Gasteiger partial charge in [-0.3, -0.25) is 0 Å². The van der Waals surface area contributed by atoms with Crippen LogP contribution in [0.4, 0.5) is 17.3 Å². The zero-order valence-corrected chi connectivity index (χ0v) is 14.2. The maximum atomic E-state index is 6.04. The van der Waals surface area contributed by atoms with Crippen molar-refractivity contribution in [2.24, 2.45) is 4.99 Å². The third-order valence-electron chi connectivity index (χ3n) is 4.30. The Labute approximate surface area is 152 Å². The van der Waals surface area contributed by atoms with Crippen molar-refractivity contribution >= 4 is 29.1 Å². The van der Waals surface area contributed by atoms with Crippen molar-refractivity contribution in [2.45, 2.75) is 12.5 Å². The second-order valence-corrected chi connectivity index (χ2v) is 6.12. The quantitative estimate of drug-likeness (QED) is 0.740. The van der Waals surface area contributed by atoms with E-state index in [1.165, 1.54) is 11.9 Å². The molecule has 5 nitrogen and oxygen atoms in total. The Bertz CT molecular complexity index is 949. The second kappa shape index (κ2) is 7.19. The average Bonchev–Trinajstić information content (AvgIpc) is 2.88. The monoisotopic (exact) mass is 341 g/mol. The summed E-state index contributed by atoms with van der Waals surface area (Å²) in [5, 5.41) is 3.47. The van der Waals surface area contributed by atoms with Gasteiger partial charge in [-0.2, -0.15) is 0 Å². The molecule has 128 valence electrons. The first-order valence-electron chi connectivity index (χ1n) is 8.52. The number of hydrogen-bond donors (Lipinski definition) is 2. The summed E-state index contributed by atoms with van der Waals surface area (Å²) in [5.41, 5.74) is 9.87. The smallest absolute Gasteiger partial charge is 0.158 e. The lowest BCUT2D eigenvalue weighted by atomic mass is 10.0. The summed E-state index contributed by atoms with van der Waals surface area (Å²) in [6.07, 6.45) is 6.28. The standard InChI is InChI=1S/C21H19N5/c22-20-19-21(24-14-23-20)26-18(16-9-5-2-6-10-16)13-17(25-19)12-11-15-7-3-1-4-8-15/h1-12,14,18H,13H2,(H3,22,23,24,26)/b12-11+. The Balaban J connectivity index is 1.73. The fourth-order valence-corrected chi connectivity index (χ4v) is 2.97. The Hall–Kier alpha value is -3.47. The van der Waals surface area contributed by atoms with Gasteiger partial charge in [-0.15, -0.1) is 0 Å². The molecule has 0 bridgehead atoms. The van der Waals surface area contributed by atoms with Crippen LogP contribution < -0.4 is 11.1 Å². The molecule has 2 heterocycles. The molecule has 1 unspecified atom stereocenters. The molecule has 1 aliphatic heterocycles. The Kier molecular flexibility index (Phi) is 4.43. The van der Waals surface area contributed by atoms with Crippen LogP contribution in [0.5, 0.6) is 0 Å². The lowest BCUT2D eigenvalue weighted by Gasteiger charge is -2.18. The second-order valence-electron chi connectivity index (χ2n) is 6.12. The Morgan fingerprint density at radius 2 is 1.65 bits per heavy atom. The summed E-state index contributed by atoms with van der Waals surface area (Å²) in [5.74, 6) is 1.04. The number of nitrogens with zero attached hydrogens (tertiary/aromatic N) is 3. The van der Waals surface area contributed by atoms with E-state index < -0.39 is 0 Å². The van der Waals surface area contributed by atoms with Crippen LogP contribution in [0, 0.1) is 0 Å². The number of aliphatic imine (C=N–C) groups is 1. The third kappa shape index (κ3) is 3.47. The summed E-state index contributed by atoms with van der Waals surface area (Å²) < 4.78 is 0. The van der Waals surface area contributed by atoms with Crippen molar-refractivity contribution in [3.63, 3.8) is 0 Å². The lowest BCUT2D eigenvalue weighted by molar-refractivity contribution is 0.823. The number of allylic oxidation sites excluding steroid dienone is 1. The Morgan fingerprint density at radius 3 is 2.42 bits per heavy atom. The average molecular weight is 341 g/mol. The number of fused-ring (bicyclic) bond motifs is 1. The predicted molar refractivity (Wildman–Crippen MR) is 106 cm³/mol. The molecule has 0 saturated carbocycles. The summed E-state index contributed by atoms with van der Waals surface area (Å²) in [4.78, 5) is 13.2. The minimum absolute atomic E-state index is 0.0610. The van der Waals surface area contributed by atoms with Gasteiger partial charge in [-0.05, 0) is 17.2 Å². The van der Waals surface area contributed by atoms with Crippen LogP contribution in [-0.4, -0.2) is 15.7 Å². The van der Waals surface area contributed by atoms with Crippen molar-refractivity contribution in [2.75, 3.05) is 11.1 Å². The van der Waals surface area contributed by atoms with Crippen LogP contribution >= 0.6 is 0 Å². The van der Waals surface area contributed by atoms with Crippen molar-refractivity contribution in [3.8, 4) is 0 Å². The van der Waals surface area contributed by atoms with Crippen LogP contribution in [0.1, 0.15) is 23.6 Å². The molecule has 0 radical (unpaired) electrons. The molecule has 3 aromatic rings. The highest BCUT2D eigenvalue weighted by molar-refractivity contribution is 6.02. The molecular formula is C21H19N5. The molecule has 0 saturated heterocycles. The van der Waals surface area contributed by atoms with Gasteiger partial charge in [0.1, 0.15) is 12.0 Å². The molecule has 26 heavy (non-hydrogen) atoms. The number of nitrogens with two attached hydrogens (primary N) is 1. The highest BCUT2D eigenvalue weighted by atomic mass is 15.1. The number of hydrogen-bond acceptors (Lipinski definition) is 5. The highest BCUT2D eigenvalue weighted by Crippen LogP contribution is 2.35. The van der Waals surface area contributed by atoms with Gasteiger partial charge in [0.05, 0.1) is 6.04 Å². The zero-order chi connectivity index (χ0) is 17.8. The number of aromatic nitrogens is 2. The molecule has 2 aromatic carbocycles. The first-order chi connectivity index (χ1) is 12.8. The van der Waals surface area contributed by atoms with Crippen LogP contribution in [0.25, 0.3) is 6.08 Å². The third-order valence-corrected chi connectivity index (χ3v) is 4.30. The topological polar surface area (TPSA) is 76.2 Å². The first kappa shape index (κ1) is 16.0. The van der Waals surface area contributed by atoms with E-state index in [4.69, 9.17) is 10.7 Å². The van der Waals surface area contributed by atoms with Crippen molar-refractivity contribution in [1.29, 1.82) is 0 Å². The zero-order valence-electron chi connectivity index (χ0n) is 14.2. The van der Waals surface area contributed by atoms with Gasteiger partial charge in [0.15, 0.2) is 11.6 Å². The largest absolute Gasteiger partial charge is 0.382 e. The molecular weight excluding hydrogens is 322 g/mol. The number of benzene rings is 2. The van der Waals surface area contributed by atoms with Crippen LogP contribution in [0.3, 0.4) is 0 Å². The molecule has 0 fully saturated rings. The molecule has 0 spiro atoms. The molecule has 5 heteroatoms. The minimum Gasteiger partial charge on any atom is -0.382 e. The Morgan fingerprint density at radius 1 is 0.923 bits per heavy atom. The summed E-state index contributed by atoms with van der Waals surface area (Å²) in [6.45, 7) is 0. The molecule has 1 atom stereocenters. The van der Waals surface area contributed by atoms with E-state index in [9.17, 15) is 0 Å². The van der Waals surface area contributed by atoms with Crippen LogP contribution in [-0.2, 0) is 0 Å². The fraction of sp³-hybridized carbons (Fsp3) is 0.0952. The molecule has 4 rings (SSSR count). The maximum Gasteiger partial charge on any atom is 0.158 e. The maximum absolute atomic E-state index is 6.04. The number of anilines is 2. The van der Waals surface area contributed by atoms with E-state index in [0.29, 0.717) is 17.3 Å². The molecule has 0 aliphatic carbocycles. The first-order valence-corrected chi connectivity index (χ1v) is 8.52. The predicted octanol–water partition coefficient (Wildman–Crippen LogP) is 4.40. The fourth-order valence-electron chi connectivity index (χ4n) is 2.97. The van der Waals surface area contributed by atoms with E-state index >= 15 is 0 Å². The van der Waals surface area contributed by atoms with Gasteiger partial charge in [0.2, 0.25) is 0 Å². The molecule has 1 aliphatic rings. The SMILES string of the molecule is Nc1ncnc2c1N=C(/C=C/c1ccccc1)CC(c1ccccc1)N2. The highest BCUT2D eigenvalue weighted by Gasteiger charge is 2.21. The molecule has 0 amide bonds. The van der Waals surface area contributed by atoms with Crippen molar-refractivity contribution in [1.82, 2.24) is 9.97 Å². The molecule has 1 aromatic heterocycles. The summed E-state index contributed by atoms with van der Waals surface area (Å²) in [6, 6.07) is 20.5. The van der Waals surface area contributed by atoms with Gasteiger partial charge in [-0.1, -0.05) is 66.7 Å².